The van der Waals surface area contributed by atoms with Crippen LogP contribution in [0.2, 0.25) is 0 Å². The molecule has 0 spiro atoms. The van der Waals surface area contributed by atoms with Gasteiger partial charge in [-0.2, -0.15) is 0 Å². The third kappa shape index (κ3) is 4.27. The second-order valence-electron chi connectivity index (χ2n) is 3.97. The van der Waals surface area contributed by atoms with E-state index in [1.807, 2.05) is 0 Å². The number of nitrogens with two attached hydrogens (primary N) is 2. The third-order valence-electron chi connectivity index (χ3n) is 2.53. The predicted octanol–water partition coefficient (Wildman–Crippen LogP) is 0.861. The molecule has 4 N–H and O–H groups in total. The van der Waals surface area contributed by atoms with E-state index in [4.69, 9.17) is 16.2 Å². The Kier molecular flexibility index (Phi) is 6.04. The quantitative estimate of drug-likeness (QED) is 0.324. The normalized spacial score (nSPS) is 11.9. The lowest BCUT2D eigenvalue weighted by Gasteiger charge is -2.11. The first-order valence-corrected chi connectivity index (χ1v) is 5.90. The highest BCUT2D eigenvalue weighted by Crippen LogP contribution is 2.16. The minimum atomic E-state index is -0.684. The lowest BCUT2D eigenvalue weighted by Crippen LogP contribution is -2.34. The Balaban J connectivity index is 2.55. The molecule has 5 heteroatoms. The average Bonchev–Trinajstić information content (AvgIpc) is 2.39. The molecule has 1 aromatic rings. The summed E-state index contributed by atoms with van der Waals surface area (Å²) in [7, 11) is 0. The summed E-state index contributed by atoms with van der Waals surface area (Å²) in [4.78, 5) is 22.4. The Morgan fingerprint density at radius 1 is 1.33 bits per heavy atom. The Morgan fingerprint density at radius 3 is 2.72 bits per heavy atom. The number of hydrogen-bond donors (Lipinski definition) is 2. The molecule has 1 aromatic carbocycles. The number of esters is 1. The Bertz CT molecular complexity index is 407. The van der Waals surface area contributed by atoms with Crippen LogP contribution in [0, 0.1) is 0 Å². The number of hydrogen-bond acceptors (Lipinski definition) is 5. The number of aldehydes is 1. The summed E-state index contributed by atoms with van der Waals surface area (Å²) in [6.07, 6.45) is 2.77. The van der Waals surface area contributed by atoms with E-state index in [0.717, 1.165) is 12.8 Å². The highest BCUT2D eigenvalue weighted by molar-refractivity contribution is 5.83. The van der Waals surface area contributed by atoms with Gasteiger partial charge in [-0.1, -0.05) is 18.6 Å². The Morgan fingerprint density at radius 2 is 2.06 bits per heavy atom. The molecule has 0 fully saturated rings. The molecule has 0 bridgehead atoms. The molecule has 0 saturated carbocycles. The highest BCUT2D eigenvalue weighted by atomic mass is 16.5. The first-order valence-electron chi connectivity index (χ1n) is 5.90. The van der Waals surface area contributed by atoms with E-state index in [1.165, 1.54) is 0 Å². The SMILES string of the molecule is NCCCCC(N)C(=O)Oc1ccccc1C=O. The van der Waals surface area contributed by atoms with Crippen LogP contribution in [-0.2, 0) is 4.79 Å². The Hall–Kier alpha value is -1.72. The van der Waals surface area contributed by atoms with Gasteiger partial charge in [-0.3, -0.25) is 4.79 Å². The highest BCUT2D eigenvalue weighted by Gasteiger charge is 2.16. The molecule has 98 valence electrons. The van der Waals surface area contributed by atoms with Crippen molar-refractivity contribution in [3.8, 4) is 5.75 Å². The van der Waals surface area contributed by atoms with E-state index in [1.54, 1.807) is 24.3 Å². The van der Waals surface area contributed by atoms with Crippen molar-refractivity contribution in [3.05, 3.63) is 29.8 Å². The van der Waals surface area contributed by atoms with E-state index in [0.29, 0.717) is 24.8 Å². The van der Waals surface area contributed by atoms with Gasteiger partial charge in [0.15, 0.2) is 6.29 Å². The average molecular weight is 250 g/mol. The van der Waals surface area contributed by atoms with Crippen LogP contribution >= 0.6 is 0 Å². The van der Waals surface area contributed by atoms with Crippen molar-refractivity contribution < 1.29 is 14.3 Å². The number of unbranched alkanes of at least 4 members (excludes halogenated alkanes) is 1. The van der Waals surface area contributed by atoms with Crippen molar-refractivity contribution >= 4 is 12.3 Å². The van der Waals surface area contributed by atoms with Crippen molar-refractivity contribution in [2.75, 3.05) is 6.54 Å². The number of para-hydroxylation sites is 1. The first-order chi connectivity index (χ1) is 8.69. The van der Waals surface area contributed by atoms with Gasteiger partial charge in [-0.15, -0.1) is 0 Å². The van der Waals surface area contributed by atoms with Gasteiger partial charge in [-0.25, -0.2) is 4.79 Å². The van der Waals surface area contributed by atoms with Crippen LogP contribution in [0.4, 0.5) is 0 Å². The summed E-state index contributed by atoms with van der Waals surface area (Å²) in [5.74, 6) is -0.284. The summed E-state index contributed by atoms with van der Waals surface area (Å²) in [6.45, 7) is 0.579. The van der Waals surface area contributed by atoms with Crippen molar-refractivity contribution in [2.24, 2.45) is 11.5 Å². The van der Waals surface area contributed by atoms with Crippen molar-refractivity contribution in [1.82, 2.24) is 0 Å². The van der Waals surface area contributed by atoms with Gasteiger partial charge in [0.25, 0.3) is 0 Å². The number of carbonyl (C=O) groups is 2. The van der Waals surface area contributed by atoms with Gasteiger partial charge in [-0.05, 0) is 31.5 Å². The van der Waals surface area contributed by atoms with Crippen molar-refractivity contribution in [2.45, 2.75) is 25.3 Å². The van der Waals surface area contributed by atoms with Crippen LogP contribution in [0.25, 0.3) is 0 Å². The topological polar surface area (TPSA) is 95.4 Å². The van der Waals surface area contributed by atoms with Gasteiger partial charge in [0.05, 0.1) is 5.56 Å². The smallest absolute Gasteiger partial charge is 0.328 e. The molecular weight excluding hydrogens is 232 g/mol. The summed E-state index contributed by atoms with van der Waals surface area (Å²) in [5.41, 5.74) is 11.4. The number of benzene rings is 1. The minimum absolute atomic E-state index is 0.242. The van der Waals surface area contributed by atoms with E-state index in [2.05, 4.69) is 0 Å². The zero-order valence-electron chi connectivity index (χ0n) is 10.2. The summed E-state index contributed by atoms with van der Waals surface area (Å²) in [5, 5.41) is 0. The zero-order chi connectivity index (χ0) is 13.4. The molecular formula is C13H18N2O3. The van der Waals surface area contributed by atoms with Crippen LogP contribution in [0.1, 0.15) is 29.6 Å². The summed E-state index contributed by atoms with van der Waals surface area (Å²) >= 11 is 0. The third-order valence-corrected chi connectivity index (χ3v) is 2.53. The standard InChI is InChI=1S/C13H18N2O3/c14-8-4-3-6-11(15)13(17)18-12-7-2-1-5-10(12)9-16/h1-2,5,7,9,11H,3-4,6,8,14-15H2. The molecule has 0 aliphatic heterocycles. The van der Waals surface area contributed by atoms with E-state index < -0.39 is 12.0 Å². The molecule has 1 atom stereocenters. The summed E-state index contributed by atoms with van der Waals surface area (Å²) in [6, 6.07) is 5.85. The van der Waals surface area contributed by atoms with Crippen LogP contribution in [-0.4, -0.2) is 24.8 Å². The van der Waals surface area contributed by atoms with Gasteiger partial charge in [0.1, 0.15) is 11.8 Å². The van der Waals surface area contributed by atoms with Crippen molar-refractivity contribution in [1.29, 1.82) is 0 Å². The molecule has 1 rings (SSSR count). The second-order valence-corrected chi connectivity index (χ2v) is 3.97. The van der Waals surface area contributed by atoms with Gasteiger partial charge in [0.2, 0.25) is 0 Å². The molecule has 0 amide bonds. The molecule has 0 aliphatic carbocycles. The molecule has 1 unspecified atom stereocenters. The maximum Gasteiger partial charge on any atom is 0.328 e. The molecule has 0 saturated heterocycles. The molecule has 0 heterocycles. The van der Waals surface area contributed by atoms with Crippen LogP contribution in [0.5, 0.6) is 5.75 Å². The second kappa shape index (κ2) is 7.58. The van der Waals surface area contributed by atoms with E-state index in [-0.39, 0.29) is 5.75 Å². The molecule has 0 aliphatic rings. The Labute approximate surface area is 106 Å². The number of ether oxygens (including phenoxy) is 1. The van der Waals surface area contributed by atoms with Crippen LogP contribution in [0.15, 0.2) is 24.3 Å². The number of rotatable bonds is 7. The largest absolute Gasteiger partial charge is 0.425 e. The fourth-order valence-electron chi connectivity index (χ4n) is 1.48. The monoisotopic (exact) mass is 250 g/mol. The zero-order valence-corrected chi connectivity index (χ0v) is 10.2. The van der Waals surface area contributed by atoms with Gasteiger partial charge < -0.3 is 16.2 Å². The molecule has 18 heavy (non-hydrogen) atoms. The van der Waals surface area contributed by atoms with Gasteiger partial charge >= 0.3 is 5.97 Å². The minimum Gasteiger partial charge on any atom is -0.425 e. The van der Waals surface area contributed by atoms with Crippen LogP contribution < -0.4 is 16.2 Å². The molecule has 5 nitrogen and oxygen atoms in total. The summed E-state index contributed by atoms with van der Waals surface area (Å²) < 4.78 is 5.10. The lowest BCUT2D eigenvalue weighted by atomic mass is 10.1. The van der Waals surface area contributed by atoms with E-state index in [9.17, 15) is 9.59 Å². The maximum absolute atomic E-state index is 11.7. The lowest BCUT2D eigenvalue weighted by molar-refractivity contribution is -0.136. The van der Waals surface area contributed by atoms with Gasteiger partial charge in [0, 0.05) is 0 Å². The predicted molar refractivity (Wildman–Crippen MR) is 68.3 cm³/mol. The number of carbonyl (C=O) groups excluding carboxylic acids is 2. The molecule has 0 aromatic heterocycles. The molecule has 0 radical (unpaired) electrons. The fourth-order valence-corrected chi connectivity index (χ4v) is 1.48. The van der Waals surface area contributed by atoms with Crippen LogP contribution in [0.3, 0.4) is 0 Å². The van der Waals surface area contributed by atoms with E-state index >= 15 is 0 Å². The maximum atomic E-state index is 11.7. The van der Waals surface area contributed by atoms with Crippen molar-refractivity contribution in [3.63, 3.8) is 0 Å². The first kappa shape index (κ1) is 14.3. The fraction of sp³-hybridized carbons (Fsp3) is 0.385.